The monoisotopic (exact) mass is 375 g/mol. The van der Waals surface area contributed by atoms with Crippen LogP contribution in [0.1, 0.15) is 50.7 Å². The zero-order valence-corrected chi connectivity index (χ0v) is 16.5. The Balaban J connectivity index is 1.46. The number of hydrogen-bond acceptors (Lipinski definition) is 6. The van der Waals surface area contributed by atoms with Crippen molar-refractivity contribution in [2.45, 2.75) is 57.6 Å². The summed E-state index contributed by atoms with van der Waals surface area (Å²) in [4.78, 5) is 29.0. The predicted molar refractivity (Wildman–Crippen MR) is 98.1 cm³/mol. The number of ether oxygens (including phenoxy) is 1. The predicted octanol–water partition coefficient (Wildman–Crippen LogP) is 0.814. The van der Waals surface area contributed by atoms with Crippen molar-refractivity contribution >= 4 is 11.9 Å². The Kier molecular flexibility index (Phi) is 4.70. The number of piperidine rings is 1. The number of aromatic nitrogens is 3. The first-order chi connectivity index (χ1) is 12.8. The van der Waals surface area contributed by atoms with E-state index in [4.69, 9.17) is 4.74 Å². The van der Waals surface area contributed by atoms with Crippen molar-refractivity contribution in [1.82, 2.24) is 24.6 Å². The number of carbonyl (C=O) groups excluding carboxylic acids is 2. The highest BCUT2D eigenvalue weighted by molar-refractivity contribution is 5.87. The third-order valence-electron chi connectivity index (χ3n) is 6.34. The van der Waals surface area contributed by atoms with Gasteiger partial charge in [0.25, 0.3) is 0 Å². The summed E-state index contributed by atoms with van der Waals surface area (Å²) < 4.78 is 7.57. The molecule has 1 amide bonds. The summed E-state index contributed by atoms with van der Waals surface area (Å²) in [6.45, 7) is 7.79. The Morgan fingerprint density at radius 1 is 1.11 bits per heavy atom. The molecule has 0 saturated carbocycles. The highest BCUT2D eigenvalue weighted by Crippen LogP contribution is 2.34. The van der Waals surface area contributed by atoms with Crippen molar-refractivity contribution in [1.29, 1.82) is 0 Å². The van der Waals surface area contributed by atoms with Crippen molar-refractivity contribution in [2.24, 2.45) is 5.92 Å². The number of carbonyl (C=O) groups is 2. The van der Waals surface area contributed by atoms with Crippen molar-refractivity contribution in [3.8, 4) is 0 Å². The van der Waals surface area contributed by atoms with E-state index in [9.17, 15) is 9.59 Å². The summed E-state index contributed by atoms with van der Waals surface area (Å²) >= 11 is 0. The summed E-state index contributed by atoms with van der Waals surface area (Å²) in [5, 5.41) is 8.92. The Hall–Kier alpha value is -1.96. The van der Waals surface area contributed by atoms with Crippen LogP contribution in [0.2, 0.25) is 0 Å². The van der Waals surface area contributed by atoms with Gasteiger partial charge in [0.05, 0.1) is 12.3 Å². The van der Waals surface area contributed by atoms with Gasteiger partial charge in [0, 0.05) is 32.0 Å². The molecule has 0 aliphatic carbocycles. The van der Waals surface area contributed by atoms with Gasteiger partial charge in [0.15, 0.2) is 0 Å². The van der Waals surface area contributed by atoms with Gasteiger partial charge in [0.2, 0.25) is 5.91 Å². The molecule has 3 aliphatic heterocycles. The van der Waals surface area contributed by atoms with Crippen LogP contribution in [0.25, 0.3) is 0 Å². The molecular formula is C19H29N5O3. The molecule has 148 valence electrons. The second-order valence-electron chi connectivity index (χ2n) is 8.61. The lowest BCUT2D eigenvalue weighted by atomic mass is 9.89. The average molecular weight is 375 g/mol. The summed E-state index contributed by atoms with van der Waals surface area (Å²) in [5.41, 5.74) is -0.727. The van der Waals surface area contributed by atoms with Gasteiger partial charge in [-0.05, 0) is 46.8 Å². The van der Waals surface area contributed by atoms with Crippen molar-refractivity contribution in [3.63, 3.8) is 0 Å². The largest absolute Gasteiger partial charge is 0.459 e. The Labute approximate surface area is 159 Å². The average Bonchev–Trinajstić information content (AvgIpc) is 3.06. The first-order valence-electron chi connectivity index (χ1n) is 9.96. The third kappa shape index (κ3) is 3.47. The first kappa shape index (κ1) is 18.4. The summed E-state index contributed by atoms with van der Waals surface area (Å²) in [6, 6.07) is 0. The Morgan fingerprint density at radius 3 is 2.52 bits per heavy atom. The van der Waals surface area contributed by atoms with Crippen molar-refractivity contribution < 1.29 is 14.3 Å². The van der Waals surface area contributed by atoms with Gasteiger partial charge < -0.3 is 19.1 Å². The summed E-state index contributed by atoms with van der Waals surface area (Å²) in [6.07, 6.45) is 3.09. The lowest BCUT2D eigenvalue weighted by Crippen LogP contribution is -2.44. The van der Waals surface area contributed by atoms with Gasteiger partial charge in [-0.25, -0.2) is 0 Å². The minimum absolute atomic E-state index is 0.0189. The molecule has 1 atom stereocenters. The maximum absolute atomic E-state index is 13.1. The van der Waals surface area contributed by atoms with Gasteiger partial charge in [-0.3, -0.25) is 9.59 Å². The van der Waals surface area contributed by atoms with Gasteiger partial charge in [0.1, 0.15) is 17.2 Å². The topological polar surface area (TPSA) is 80.6 Å². The number of hydrogen-bond donors (Lipinski definition) is 0. The quantitative estimate of drug-likeness (QED) is 0.712. The number of amides is 1. The molecular weight excluding hydrogens is 346 g/mol. The van der Waals surface area contributed by atoms with Gasteiger partial charge in [-0.15, -0.1) is 10.2 Å². The van der Waals surface area contributed by atoms with Crippen LogP contribution in [0.3, 0.4) is 0 Å². The molecule has 0 bridgehead atoms. The number of esters is 1. The number of rotatable bonds is 2. The number of fused-ring (bicyclic) bond motifs is 1. The molecule has 0 radical (unpaired) electrons. The van der Waals surface area contributed by atoms with E-state index in [0.29, 0.717) is 25.4 Å². The second-order valence-corrected chi connectivity index (χ2v) is 8.61. The van der Waals surface area contributed by atoms with E-state index in [-0.39, 0.29) is 18.3 Å². The highest BCUT2D eigenvalue weighted by Gasteiger charge is 2.47. The van der Waals surface area contributed by atoms with Crippen LogP contribution >= 0.6 is 0 Å². The van der Waals surface area contributed by atoms with E-state index in [1.807, 2.05) is 18.7 Å². The zero-order valence-electron chi connectivity index (χ0n) is 16.5. The molecule has 3 aliphatic rings. The zero-order chi connectivity index (χ0) is 19.2. The number of cyclic esters (lactones) is 1. The highest BCUT2D eigenvalue weighted by atomic mass is 16.6. The van der Waals surface area contributed by atoms with Crippen LogP contribution in [0.15, 0.2) is 0 Å². The van der Waals surface area contributed by atoms with E-state index in [1.54, 1.807) is 0 Å². The summed E-state index contributed by atoms with van der Waals surface area (Å²) in [7, 11) is 2.16. The lowest BCUT2D eigenvalue weighted by Gasteiger charge is -2.30. The second kappa shape index (κ2) is 6.89. The Morgan fingerprint density at radius 2 is 1.85 bits per heavy atom. The maximum Gasteiger partial charge on any atom is 0.307 e. The standard InChI is InChI=1S/C19H29N5O3/c1-19(2)14(12-16(25)27-19)18(26)23-9-6-15-20-21-17(24(15)11-10-23)13-4-7-22(3)8-5-13/h13-14H,4-12H2,1-3H3. The maximum atomic E-state index is 13.1. The first-order valence-corrected chi connectivity index (χ1v) is 9.96. The molecule has 1 aromatic heterocycles. The van der Waals surface area contributed by atoms with E-state index in [1.165, 1.54) is 0 Å². The fraction of sp³-hybridized carbons (Fsp3) is 0.789. The van der Waals surface area contributed by atoms with Crippen LogP contribution < -0.4 is 0 Å². The number of likely N-dealkylation sites (tertiary alicyclic amines) is 1. The molecule has 1 unspecified atom stereocenters. The van der Waals surface area contributed by atoms with Crippen molar-refractivity contribution in [2.75, 3.05) is 33.2 Å². The SMILES string of the molecule is CN1CCC(c2nnc3n2CCN(C(=O)C2CC(=O)OC2(C)C)CC3)CC1. The molecule has 8 nitrogen and oxygen atoms in total. The van der Waals surface area contributed by atoms with Crippen LogP contribution in [-0.4, -0.2) is 75.3 Å². The summed E-state index contributed by atoms with van der Waals surface area (Å²) in [5.74, 6) is 1.83. The minimum atomic E-state index is -0.727. The van der Waals surface area contributed by atoms with Crippen LogP contribution in [-0.2, 0) is 27.3 Å². The molecule has 0 aromatic carbocycles. The van der Waals surface area contributed by atoms with Crippen LogP contribution in [0, 0.1) is 5.92 Å². The normalized spacial score (nSPS) is 26.6. The van der Waals surface area contributed by atoms with Crippen molar-refractivity contribution in [3.05, 3.63) is 11.6 Å². The molecule has 0 spiro atoms. The third-order valence-corrected chi connectivity index (χ3v) is 6.34. The van der Waals surface area contributed by atoms with Crippen LogP contribution in [0.4, 0.5) is 0 Å². The van der Waals surface area contributed by atoms with Crippen LogP contribution in [0.5, 0.6) is 0 Å². The fourth-order valence-electron chi connectivity index (χ4n) is 4.56. The molecule has 2 saturated heterocycles. The smallest absolute Gasteiger partial charge is 0.307 e. The van der Waals surface area contributed by atoms with E-state index in [2.05, 4.69) is 26.7 Å². The Bertz CT molecular complexity index is 736. The molecule has 4 heterocycles. The number of nitrogens with zero attached hydrogens (tertiary/aromatic N) is 5. The molecule has 4 rings (SSSR count). The lowest BCUT2D eigenvalue weighted by molar-refractivity contribution is -0.148. The molecule has 8 heteroatoms. The molecule has 27 heavy (non-hydrogen) atoms. The fourth-order valence-corrected chi connectivity index (χ4v) is 4.56. The van der Waals surface area contributed by atoms with Gasteiger partial charge >= 0.3 is 5.97 Å². The molecule has 1 aromatic rings. The van der Waals surface area contributed by atoms with Gasteiger partial charge in [-0.1, -0.05) is 0 Å². The molecule has 2 fully saturated rings. The van der Waals surface area contributed by atoms with E-state index < -0.39 is 11.5 Å². The van der Waals surface area contributed by atoms with E-state index in [0.717, 1.165) is 44.1 Å². The minimum Gasteiger partial charge on any atom is -0.459 e. The van der Waals surface area contributed by atoms with E-state index >= 15 is 0 Å². The molecule has 0 N–H and O–H groups in total. The van der Waals surface area contributed by atoms with Gasteiger partial charge in [-0.2, -0.15) is 0 Å².